The van der Waals surface area contributed by atoms with E-state index in [2.05, 4.69) is 20.2 Å². The van der Waals surface area contributed by atoms with Crippen LogP contribution < -0.4 is 5.14 Å². The van der Waals surface area contributed by atoms with Gasteiger partial charge in [0.2, 0.25) is 5.03 Å². The monoisotopic (exact) mass is 521 g/mol. The molecule has 32 heavy (non-hydrogen) atoms. The third-order valence-electron chi connectivity index (χ3n) is 3.52. The maximum atomic E-state index is 12.7. The van der Waals surface area contributed by atoms with Gasteiger partial charge in [0.1, 0.15) is 10.3 Å². The molecular weight excluding hydrogens is 515 g/mol. The molecule has 18 heteroatoms. The lowest BCUT2D eigenvalue weighted by Crippen LogP contribution is -2.20. The van der Waals surface area contributed by atoms with Crippen LogP contribution in [0.5, 0.6) is 0 Å². The maximum absolute atomic E-state index is 12.7. The number of hydrogen-bond acceptors (Lipinski definition) is 6. The van der Waals surface area contributed by atoms with Gasteiger partial charge in [-0.05, 0) is 24.3 Å². The number of nitrogens with two attached hydrogens (primary N) is 1. The Morgan fingerprint density at radius 2 is 1.41 bits per heavy atom. The number of nitrogens with zero attached hydrogens (tertiary/aromatic N) is 6. The minimum atomic E-state index is -4.97. The standard InChI is InChI=1S/C7H4ClF3N4O2S.C7H3ClF3N3/c8-3-1-2-4-13-5(7(9,10)11)6(15(4)14-3)18(12,16)17;8-5-1-2-6-12-4(7(9,10)11)3-14(6)13-5/h1-2H,(H2,12,16,17);1-3H. The molecule has 0 unspecified atom stereocenters. The number of imidazole rings is 2. The van der Waals surface area contributed by atoms with Crippen molar-refractivity contribution < 1.29 is 34.8 Å². The van der Waals surface area contributed by atoms with Gasteiger partial charge in [0, 0.05) is 0 Å². The Bertz CT molecular complexity index is 1410. The van der Waals surface area contributed by atoms with Gasteiger partial charge in [0.15, 0.2) is 22.7 Å². The minimum absolute atomic E-state index is 0.113. The Hall–Kier alpha value is -2.69. The van der Waals surface area contributed by atoms with Gasteiger partial charge in [0.25, 0.3) is 10.0 Å². The fourth-order valence-electron chi connectivity index (χ4n) is 2.33. The number of alkyl halides is 6. The predicted octanol–water partition coefficient (Wildman–Crippen LogP) is 3.45. The molecule has 0 bridgehead atoms. The highest BCUT2D eigenvalue weighted by Crippen LogP contribution is 2.33. The van der Waals surface area contributed by atoms with Crippen LogP contribution in [-0.2, 0) is 22.4 Å². The summed E-state index contributed by atoms with van der Waals surface area (Å²) in [6.07, 6.45) is -8.64. The number of rotatable bonds is 1. The summed E-state index contributed by atoms with van der Waals surface area (Å²) in [5.41, 5.74) is -2.82. The number of hydrogen-bond donors (Lipinski definition) is 1. The summed E-state index contributed by atoms with van der Waals surface area (Å²) in [5, 5.41) is 10.5. The first-order valence-corrected chi connectivity index (χ1v) is 10.1. The van der Waals surface area contributed by atoms with Gasteiger partial charge >= 0.3 is 12.4 Å². The summed E-state index contributed by atoms with van der Waals surface area (Å²) in [5.74, 6) is 0. The molecule has 0 fully saturated rings. The zero-order valence-electron chi connectivity index (χ0n) is 14.9. The minimum Gasteiger partial charge on any atom is -0.223 e. The molecule has 0 saturated carbocycles. The molecule has 0 aliphatic carbocycles. The van der Waals surface area contributed by atoms with Crippen molar-refractivity contribution >= 4 is 44.5 Å². The number of halogens is 8. The molecule has 9 nitrogen and oxygen atoms in total. The molecule has 0 atom stereocenters. The number of sulfonamides is 1. The number of aromatic nitrogens is 6. The van der Waals surface area contributed by atoms with Gasteiger partial charge < -0.3 is 0 Å². The molecule has 4 heterocycles. The van der Waals surface area contributed by atoms with E-state index in [1.165, 1.54) is 18.2 Å². The van der Waals surface area contributed by atoms with Gasteiger partial charge in [-0.3, -0.25) is 0 Å². The van der Waals surface area contributed by atoms with Crippen LogP contribution in [0, 0.1) is 0 Å². The van der Waals surface area contributed by atoms with Crippen molar-refractivity contribution in [3.63, 3.8) is 0 Å². The smallest absolute Gasteiger partial charge is 0.223 e. The lowest BCUT2D eigenvalue weighted by molar-refractivity contribution is -0.143. The Labute approximate surface area is 183 Å². The maximum Gasteiger partial charge on any atom is 0.436 e. The lowest BCUT2D eigenvalue weighted by atomic mass is 10.5. The van der Waals surface area contributed by atoms with Crippen LogP contribution >= 0.6 is 23.2 Å². The van der Waals surface area contributed by atoms with E-state index >= 15 is 0 Å². The zero-order valence-corrected chi connectivity index (χ0v) is 17.2. The van der Waals surface area contributed by atoms with Crippen LogP contribution in [0.4, 0.5) is 26.3 Å². The highest BCUT2D eigenvalue weighted by atomic mass is 35.5. The fourth-order valence-corrected chi connectivity index (χ4v) is 3.42. The van der Waals surface area contributed by atoms with Crippen molar-refractivity contribution in [3.05, 3.63) is 52.2 Å². The van der Waals surface area contributed by atoms with Crippen molar-refractivity contribution in [2.24, 2.45) is 5.14 Å². The molecule has 0 aliphatic heterocycles. The van der Waals surface area contributed by atoms with Gasteiger partial charge in [0.05, 0.1) is 6.20 Å². The van der Waals surface area contributed by atoms with Gasteiger partial charge in [-0.1, -0.05) is 23.2 Å². The first-order valence-electron chi connectivity index (χ1n) is 7.82. The molecular formula is C14H7Cl2F6N7O2S. The summed E-state index contributed by atoms with van der Waals surface area (Å²) in [6.45, 7) is 0. The van der Waals surface area contributed by atoms with Crippen molar-refractivity contribution in [3.8, 4) is 0 Å². The SMILES string of the molecule is FC(F)(F)c1cn2nc(Cl)ccc2n1.NS(=O)(=O)c1c(C(F)(F)F)nc2ccc(Cl)nn12. The van der Waals surface area contributed by atoms with E-state index in [4.69, 9.17) is 28.3 Å². The molecule has 0 aromatic carbocycles. The summed E-state index contributed by atoms with van der Waals surface area (Å²) in [4.78, 5) is 6.49. The van der Waals surface area contributed by atoms with E-state index in [0.29, 0.717) is 4.52 Å². The Morgan fingerprint density at radius 3 is 1.94 bits per heavy atom. The van der Waals surface area contributed by atoms with Gasteiger partial charge in [-0.25, -0.2) is 28.0 Å². The largest absolute Gasteiger partial charge is 0.436 e. The molecule has 0 saturated heterocycles. The van der Waals surface area contributed by atoms with E-state index < -0.39 is 38.8 Å². The predicted molar refractivity (Wildman–Crippen MR) is 97.4 cm³/mol. The van der Waals surface area contributed by atoms with Crippen LogP contribution in [0.15, 0.2) is 35.5 Å². The highest BCUT2D eigenvalue weighted by molar-refractivity contribution is 7.89. The van der Waals surface area contributed by atoms with Crippen molar-refractivity contribution in [1.82, 2.24) is 29.2 Å². The number of fused-ring (bicyclic) bond motifs is 2. The lowest BCUT2D eigenvalue weighted by Gasteiger charge is -2.04. The molecule has 0 aliphatic rings. The van der Waals surface area contributed by atoms with Crippen molar-refractivity contribution in [2.45, 2.75) is 17.4 Å². The molecule has 4 aromatic rings. The Kier molecular flexibility index (Phi) is 6.01. The summed E-state index contributed by atoms with van der Waals surface area (Å²) in [7, 11) is -4.66. The molecule has 2 N–H and O–H groups in total. The molecule has 4 rings (SSSR count). The van der Waals surface area contributed by atoms with Crippen LogP contribution in [0.25, 0.3) is 11.3 Å². The van der Waals surface area contributed by atoms with E-state index in [1.807, 2.05) is 0 Å². The Balaban J connectivity index is 0.000000186. The topological polar surface area (TPSA) is 121 Å². The zero-order chi connectivity index (χ0) is 24.1. The molecule has 0 amide bonds. The molecule has 4 aromatic heterocycles. The van der Waals surface area contributed by atoms with Crippen molar-refractivity contribution in [2.75, 3.05) is 0 Å². The summed E-state index contributed by atoms with van der Waals surface area (Å²) >= 11 is 11.0. The summed E-state index contributed by atoms with van der Waals surface area (Å²) < 4.78 is 98.4. The molecule has 0 radical (unpaired) electrons. The second-order valence-corrected chi connectivity index (χ2v) is 8.07. The highest BCUT2D eigenvalue weighted by Gasteiger charge is 2.42. The van der Waals surface area contributed by atoms with Gasteiger partial charge in [-0.2, -0.15) is 41.1 Å². The molecule has 172 valence electrons. The quantitative estimate of drug-likeness (QED) is 0.383. The number of primary sulfonamides is 1. The third-order valence-corrected chi connectivity index (χ3v) is 4.83. The third kappa shape index (κ3) is 5.03. The van der Waals surface area contributed by atoms with Crippen LogP contribution in [0.1, 0.15) is 11.4 Å². The normalized spacial score (nSPS) is 12.8. The average Bonchev–Trinajstić information content (AvgIpc) is 3.22. The average molecular weight is 522 g/mol. The van der Waals surface area contributed by atoms with Crippen LogP contribution in [0.2, 0.25) is 10.3 Å². The van der Waals surface area contributed by atoms with Crippen LogP contribution in [0.3, 0.4) is 0 Å². The van der Waals surface area contributed by atoms with E-state index in [0.717, 1.165) is 16.8 Å². The Morgan fingerprint density at radius 1 is 0.844 bits per heavy atom. The van der Waals surface area contributed by atoms with Crippen LogP contribution in [-0.4, -0.2) is 37.6 Å². The second kappa shape index (κ2) is 8.02. The first-order chi connectivity index (χ1) is 14.6. The van der Waals surface area contributed by atoms with E-state index in [9.17, 15) is 34.8 Å². The molecule has 0 spiro atoms. The summed E-state index contributed by atoms with van der Waals surface area (Å²) in [6, 6.07) is 5.02. The second-order valence-electron chi connectivity index (χ2n) is 5.82. The van der Waals surface area contributed by atoms with Gasteiger partial charge in [-0.15, -0.1) is 0 Å². The first kappa shape index (κ1) is 24.0. The van der Waals surface area contributed by atoms with Crippen molar-refractivity contribution in [1.29, 1.82) is 0 Å². The van der Waals surface area contributed by atoms with E-state index in [-0.39, 0.29) is 21.6 Å². The fraction of sp³-hybridized carbons (Fsp3) is 0.143. The van der Waals surface area contributed by atoms with E-state index in [1.54, 1.807) is 0 Å².